The molecule has 196 valence electrons. The van der Waals surface area contributed by atoms with E-state index < -0.39 is 0 Å². The highest BCUT2D eigenvalue weighted by Gasteiger charge is 2.40. The summed E-state index contributed by atoms with van der Waals surface area (Å²) in [5.41, 5.74) is 7.76. The van der Waals surface area contributed by atoms with E-state index in [1.807, 2.05) is 0 Å². The molecule has 1 aliphatic heterocycles. The Morgan fingerprint density at radius 3 is 2.39 bits per heavy atom. The summed E-state index contributed by atoms with van der Waals surface area (Å²) in [4.78, 5) is 13.5. The summed E-state index contributed by atoms with van der Waals surface area (Å²) in [6.45, 7) is 13.0. The molecule has 0 atom stereocenters. The molecular formula is C32H46N2O2. The van der Waals surface area contributed by atoms with Crippen molar-refractivity contribution in [3.63, 3.8) is 0 Å². The fourth-order valence-electron chi connectivity index (χ4n) is 6.13. The number of ether oxygens (including phenoxy) is 1. The van der Waals surface area contributed by atoms with Gasteiger partial charge in [0, 0.05) is 36.8 Å². The van der Waals surface area contributed by atoms with Crippen LogP contribution in [0.1, 0.15) is 118 Å². The minimum absolute atomic E-state index is 0.0735. The summed E-state index contributed by atoms with van der Waals surface area (Å²) in [5, 5.41) is 3.32. The minimum atomic E-state index is 0.0735. The van der Waals surface area contributed by atoms with Crippen LogP contribution in [0.4, 0.5) is 0 Å². The molecule has 0 unspecified atom stereocenters. The second-order valence-electron chi connectivity index (χ2n) is 13.1. The molecule has 1 N–H and O–H groups in total. The van der Waals surface area contributed by atoms with Crippen LogP contribution in [0, 0.1) is 12.8 Å². The Morgan fingerprint density at radius 2 is 1.75 bits per heavy atom. The van der Waals surface area contributed by atoms with Gasteiger partial charge < -0.3 is 14.6 Å². The van der Waals surface area contributed by atoms with E-state index in [4.69, 9.17) is 4.74 Å². The third-order valence-corrected chi connectivity index (χ3v) is 9.15. The molecule has 0 spiro atoms. The Balaban J connectivity index is 1.56. The Hall–Kier alpha value is -2.07. The Labute approximate surface area is 218 Å². The van der Waals surface area contributed by atoms with Crippen molar-refractivity contribution in [2.24, 2.45) is 5.92 Å². The largest absolute Gasteiger partial charge is 0.381 e. The number of carbonyl (C=O) groups is 1. The zero-order valence-corrected chi connectivity index (χ0v) is 23.2. The predicted octanol–water partition coefficient (Wildman–Crippen LogP) is 7.17. The molecule has 3 aliphatic rings. The van der Waals surface area contributed by atoms with Crippen LogP contribution in [0.3, 0.4) is 0 Å². The van der Waals surface area contributed by atoms with E-state index >= 15 is 0 Å². The summed E-state index contributed by atoms with van der Waals surface area (Å²) >= 11 is 0. The first-order chi connectivity index (χ1) is 17.1. The first-order valence-corrected chi connectivity index (χ1v) is 14.4. The van der Waals surface area contributed by atoms with E-state index in [0.29, 0.717) is 11.3 Å². The van der Waals surface area contributed by atoms with Crippen molar-refractivity contribution in [1.82, 2.24) is 9.88 Å². The van der Waals surface area contributed by atoms with Gasteiger partial charge >= 0.3 is 0 Å². The van der Waals surface area contributed by atoms with Gasteiger partial charge in [-0.15, -0.1) is 0 Å². The van der Waals surface area contributed by atoms with Gasteiger partial charge in [-0.3, -0.25) is 4.79 Å². The van der Waals surface area contributed by atoms with Gasteiger partial charge in [-0.2, -0.15) is 0 Å². The van der Waals surface area contributed by atoms with Crippen LogP contribution in [-0.2, 0) is 22.0 Å². The average Bonchev–Trinajstić information content (AvgIpc) is 3.54. The monoisotopic (exact) mass is 490 g/mol. The number of benzene rings is 1. The Morgan fingerprint density at radius 1 is 1.06 bits per heavy atom. The summed E-state index contributed by atoms with van der Waals surface area (Å²) in [6, 6.07) is 7.43. The third-order valence-electron chi connectivity index (χ3n) is 9.15. The fraction of sp³-hybridized carbons (Fsp3) is 0.656. The maximum atomic E-state index is 13.5. The van der Waals surface area contributed by atoms with E-state index in [-0.39, 0.29) is 17.4 Å². The molecule has 2 saturated carbocycles. The summed E-state index contributed by atoms with van der Waals surface area (Å²) in [7, 11) is 0. The van der Waals surface area contributed by atoms with E-state index in [1.54, 1.807) is 0 Å². The minimum Gasteiger partial charge on any atom is -0.381 e. The highest BCUT2D eigenvalue weighted by molar-refractivity contribution is 5.96. The van der Waals surface area contributed by atoms with Crippen LogP contribution in [0.25, 0.3) is 5.69 Å². The first kappa shape index (κ1) is 25.6. The summed E-state index contributed by atoms with van der Waals surface area (Å²) < 4.78 is 7.89. The Kier molecular flexibility index (Phi) is 7.11. The number of amides is 1. The van der Waals surface area contributed by atoms with Gasteiger partial charge in [0.1, 0.15) is 0 Å². The van der Waals surface area contributed by atoms with Crippen molar-refractivity contribution < 1.29 is 9.53 Å². The van der Waals surface area contributed by atoms with Gasteiger partial charge in [-0.05, 0) is 84.6 Å². The van der Waals surface area contributed by atoms with E-state index in [2.05, 4.69) is 68.9 Å². The van der Waals surface area contributed by atoms with Gasteiger partial charge in [0.05, 0.1) is 5.56 Å². The molecule has 3 fully saturated rings. The summed E-state index contributed by atoms with van der Waals surface area (Å²) in [5.74, 6) is 0.785. The molecule has 2 aromatic rings. The number of aromatic nitrogens is 1. The van der Waals surface area contributed by atoms with Crippen LogP contribution in [0.2, 0.25) is 0 Å². The number of nitrogens with one attached hydrogen (secondary N) is 1. The quantitative estimate of drug-likeness (QED) is 0.466. The maximum Gasteiger partial charge on any atom is 0.253 e. The molecule has 1 amide bonds. The molecule has 5 rings (SSSR count). The molecule has 1 aromatic carbocycles. The fourth-order valence-corrected chi connectivity index (χ4v) is 6.13. The predicted molar refractivity (Wildman–Crippen MR) is 147 cm³/mol. The summed E-state index contributed by atoms with van der Waals surface area (Å²) in [6.07, 6.45) is 14.2. The zero-order valence-electron chi connectivity index (χ0n) is 23.2. The van der Waals surface area contributed by atoms with Crippen LogP contribution in [0.15, 0.2) is 24.4 Å². The van der Waals surface area contributed by atoms with Gasteiger partial charge in [-0.25, -0.2) is 0 Å². The number of rotatable bonds is 6. The van der Waals surface area contributed by atoms with E-state index in [9.17, 15) is 4.79 Å². The lowest BCUT2D eigenvalue weighted by Gasteiger charge is -2.25. The number of nitrogens with zero attached hydrogens (tertiary/aromatic N) is 1. The van der Waals surface area contributed by atoms with Crippen LogP contribution < -0.4 is 5.32 Å². The molecule has 36 heavy (non-hydrogen) atoms. The molecule has 1 saturated heterocycles. The van der Waals surface area contributed by atoms with Gasteiger partial charge in [0.25, 0.3) is 5.91 Å². The molecule has 4 nitrogen and oxygen atoms in total. The van der Waals surface area contributed by atoms with E-state index in [1.165, 1.54) is 67.5 Å². The zero-order chi connectivity index (χ0) is 25.5. The smallest absolute Gasteiger partial charge is 0.253 e. The van der Waals surface area contributed by atoms with E-state index in [0.717, 1.165) is 43.6 Å². The normalized spacial score (nSPS) is 20.9. The molecule has 4 heteroatoms. The maximum absolute atomic E-state index is 13.5. The average molecular weight is 491 g/mol. The van der Waals surface area contributed by atoms with Crippen LogP contribution >= 0.6 is 0 Å². The highest BCUT2D eigenvalue weighted by Crippen LogP contribution is 2.49. The topological polar surface area (TPSA) is 43.3 Å². The number of hydrogen-bond donors (Lipinski definition) is 1. The second kappa shape index (κ2) is 10.0. The SMILES string of the molecule is Cc1c(C(=O)NC2CCOCC2)cn(-c2cc(C(C)(C)C)cc(C3(C)CC3)c2)c1CC1CCCCC1. The Bertz CT molecular complexity index is 1070. The lowest BCUT2D eigenvalue weighted by molar-refractivity contribution is 0.0696. The van der Waals surface area contributed by atoms with Crippen molar-refractivity contribution >= 4 is 5.91 Å². The molecular weight excluding hydrogens is 444 g/mol. The molecule has 0 radical (unpaired) electrons. The third kappa shape index (κ3) is 5.44. The van der Waals surface area contributed by atoms with Crippen LogP contribution in [-0.4, -0.2) is 29.7 Å². The number of hydrogen-bond acceptors (Lipinski definition) is 2. The molecule has 2 heterocycles. The first-order valence-electron chi connectivity index (χ1n) is 14.4. The van der Waals surface area contributed by atoms with Crippen molar-refractivity contribution in [3.05, 3.63) is 52.3 Å². The van der Waals surface area contributed by atoms with Crippen molar-refractivity contribution in [3.8, 4) is 5.69 Å². The second-order valence-corrected chi connectivity index (χ2v) is 13.1. The molecule has 1 aromatic heterocycles. The van der Waals surface area contributed by atoms with Gasteiger partial charge in [0.2, 0.25) is 0 Å². The van der Waals surface area contributed by atoms with Crippen molar-refractivity contribution in [2.75, 3.05) is 13.2 Å². The van der Waals surface area contributed by atoms with Gasteiger partial charge in [-0.1, -0.05) is 65.9 Å². The van der Waals surface area contributed by atoms with Crippen molar-refractivity contribution in [2.45, 2.75) is 116 Å². The number of carbonyl (C=O) groups excluding carboxylic acids is 1. The van der Waals surface area contributed by atoms with Crippen molar-refractivity contribution in [1.29, 1.82) is 0 Å². The lowest BCUT2D eigenvalue weighted by Crippen LogP contribution is -2.39. The standard InChI is InChI=1S/C32H46N2O2/c1-22-28(30(35)33-26-11-15-36-16-12-26)21-34(29(22)17-23-9-7-6-8-10-23)27-19-24(31(2,3)4)18-25(20-27)32(5)13-14-32/h18-21,23,26H,6-17H2,1-5H3,(H,33,35). The van der Waals surface area contributed by atoms with Gasteiger partial charge in [0.15, 0.2) is 0 Å². The molecule has 0 bridgehead atoms. The highest BCUT2D eigenvalue weighted by atomic mass is 16.5. The molecule has 2 aliphatic carbocycles. The van der Waals surface area contributed by atoms with Crippen LogP contribution in [0.5, 0.6) is 0 Å². The lowest BCUT2D eigenvalue weighted by atomic mass is 9.83.